The van der Waals surface area contributed by atoms with Crippen LogP contribution in [0, 0.1) is 5.41 Å². The molecule has 182 valence electrons. The van der Waals surface area contributed by atoms with E-state index in [9.17, 15) is 19.5 Å². The van der Waals surface area contributed by atoms with Crippen LogP contribution in [0.5, 0.6) is 0 Å². The Hall–Kier alpha value is -2.47. The number of allylic oxidation sites excluding steroid dienone is 5. The zero-order valence-electron chi connectivity index (χ0n) is 20.6. The molecular weight excluding hydrogens is 420 g/mol. The maximum Gasteiger partial charge on any atom is 0.334 e. The van der Waals surface area contributed by atoms with E-state index < -0.39 is 24.3 Å². The summed E-state index contributed by atoms with van der Waals surface area (Å²) in [5, 5.41) is 10.4. The molecule has 2 atom stereocenters. The molecule has 0 amide bonds. The van der Waals surface area contributed by atoms with E-state index in [1.807, 2.05) is 0 Å². The summed E-state index contributed by atoms with van der Waals surface area (Å²) in [5.74, 6) is -1.28. The maximum absolute atomic E-state index is 11.5. The number of aliphatic hydroxyl groups is 1. The van der Waals surface area contributed by atoms with Crippen LogP contribution in [0.3, 0.4) is 0 Å². The van der Waals surface area contributed by atoms with Gasteiger partial charge in [0.2, 0.25) is 0 Å². The third-order valence-electron chi connectivity index (χ3n) is 6.57. The summed E-state index contributed by atoms with van der Waals surface area (Å²) >= 11 is 0. The molecule has 0 saturated carbocycles. The highest BCUT2D eigenvalue weighted by atomic mass is 16.7. The van der Waals surface area contributed by atoms with Crippen molar-refractivity contribution < 1.29 is 29.0 Å². The number of carbonyl (C=O) groups excluding carboxylic acids is 3. The summed E-state index contributed by atoms with van der Waals surface area (Å²) in [5.41, 5.74) is 5.51. The SMILES string of the molecule is CC(=O)O[C@H]1OC(=O)C=C1[C@H](O)C/C=C(\C=O)CC/C=C(/C)CCC1=C(C)CCCC1(C)C. The Balaban J connectivity index is 1.87. The van der Waals surface area contributed by atoms with Crippen LogP contribution in [0.25, 0.3) is 0 Å². The molecule has 0 fully saturated rings. The molecule has 33 heavy (non-hydrogen) atoms. The van der Waals surface area contributed by atoms with Crippen molar-refractivity contribution in [1.29, 1.82) is 0 Å². The van der Waals surface area contributed by atoms with Crippen molar-refractivity contribution in [3.63, 3.8) is 0 Å². The van der Waals surface area contributed by atoms with Gasteiger partial charge in [-0.2, -0.15) is 0 Å². The fourth-order valence-corrected chi connectivity index (χ4v) is 4.65. The highest BCUT2D eigenvalue weighted by molar-refractivity contribution is 5.86. The lowest BCUT2D eigenvalue weighted by Crippen LogP contribution is -2.25. The minimum atomic E-state index is -1.21. The first-order chi connectivity index (χ1) is 15.5. The fourth-order valence-electron chi connectivity index (χ4n) is 4.65. The van der Waals surface area contributed by atoms with Crippen LogP contribution in [0.15, 0.2) is 46.1 Å². The van der Waals surface area contributed by atoms with Crippen LogP contribution in [0.1, 0.15) is 86.0 Å². The van der Waals surface area contributed by atoms with E-state index in [0.29, 0.717) is 12.0 Å². The van der Waals surface area contributed by atoms with Gasteiger partial charge in [-0.15, -0.1) is 0 Å². The number of aldehydes is 1. The Bertz CT molecular complexity index is 871. The number of cyclic esters (lactones) is 1. The largest absolute Gasteiger partial charge is 0.421 e. The number of ether oxygens (including phenoxy) is 2. The monoisotopic (exact) mass is 458 g/mol. The van der Waals surface area contributed by atoms with Gasteiger partial charge in [-0.1, -0.05) is 42.7 Å². The van der Waals surface area contributed by atoms with Gasteiger partial charge in [0.1, 0.15) is 6.29 Å². The van der Waals surface area contributed by atoms with Crippen LogP contribution < -0.4 is 0 Å². The summed E-state index contributed by atoms with van der Waals surface area (Å²) in [4.78, 5) is 34.1. The lowest BCUT2D eigenvalue weighted by Gasteiger charge is -2.35. The van der Waals surface area contributed by atoms with Gasteiger partial charge >= 0.3 is 11.9 Å². The van der Waals surface area contributed by atoms with Gasteiger partial charge in [-0.05, 0) is 76.2 Å². The smallest absolute Gasteiger partial charge is 0.334 e. The van der Waals surface area contributed by atoms with E-state index in [1.54, 1.807) is 17.2 Å². The number of rotatable bonds is 11. The number of carbonyl (C=O) groups is 3. The molecule has 1 aliphatic heterocycles. The first-order valence-electron chi connectivity index (χ1n) is 11.8. The van der Waals surface area contributed by atoms with Crippen molar-refractivity contribution in [3.8, 4) is 0 Å². The third kappa shape index (κ3) is 8.11. The van der Waals surface area contributed by atoms with Crippen LogP contribution in [0.4, 0.5) is 0 Å². The molecule has 2 rings (SSSR count). The molecule has 0 aromatic heterocycles. The average molecular weight is 459 g/mol. The van der Waals surface area contributed by atoms with Gasteiger partial charge in [0.25, 0.3) is 6.29 Å². The number of hydrogen-bond acceptors (Lipinski definition) is 6. The molecule has 2 aliphatic rings. The second-order valence-corrected chi connectivity index (χ2v) is 9.76. The molecule has 1 aliphatic carbocycles. The van der Waals surface area contributed by atoms with E-state index in [0.717, 1.165) is 31.6 Å². The molecule has 0 aromatic rings. The third-order valence-corrected chi connectivity index (χ3v) is 6.57. The van der Waals surface area contributed by atoms with Crippen molar-refractivity contribution in [2.45, 2.75) is 98.4 Å². The topological polar surface area (TPSA) is 89.9 Å². The quantitative estimate of drug-likeness (QED) is 0.196. The number of aliphatic hydroxyl groups excluding tert-OH is 1. The lowest BCUT2D eigenvalue weighted by atomic mass is 9.71. The standard InChI is InChI=1S/C27H38O6/c1-18(11-13-23-19(2)9-7-15-27(23,4)5)8-6-10-21(17-28)12-14-24(30)22-16-25(31)33-26(22)32-20(3)29/h8,12,16-17,24,26,30H,6-7,9-11,13-15H2,1-5H3/b18-8-,21-12-/t24-,26+/m1/s1. The molecule has 0 unspecified atom stereocenters. The van der Waals surface area contributed by atoms with Gasteiger partial charge in [0.15, 0.2) is 0 Å². The van der Waals surface area contributed by atoms with Crippen molar-refractivity contribution in [2.75, 3.05) is 0 Å². The van der Waals surface area contributed by atoms with Gasteiger partial charge in [-0.3, -0.25) is 9.59 Å². The Morgan fingerprint density at radius 2 is 2.03 bits per heavy atom. The average Bonchev–Trinajstić information content (AvgIpc) is 3.08. The fraction of sp³-hybridized carbons (Fsp3) is 0.593. The van der Waals surface area contributed by atoms with Crippen LogP contribution >= 0.6 is 0 Å². The first-order valence-corrected chi connectivity index (χ1v) is 11.8. The molecule has 1 N–H and O–H groups in total. The Morgan fingerprint density at radius 1 is 1.30 bits per heavy atom. The van der Waals surface area contributed by atoms with E-state index >= 15 is 0 Å². The predicted molar refractivity (Wildman–Crippen MR) is 127 cm³/mol. The molecular formula is C27H38O6. The molecule has 0 saturated heterocycles. The van der Waals surface area contributed by atoms with Gasteiger partial charge in [0, 0.05) is 18.6 Å². The first kappa shape index (κ1) is 26.8. The lowest BCUT2D eigenvalue weighted by molar-refractivity contribution is -0.173. The van der Waals surface area contributed by atoms with Crippen LogP contribution in [-0.2, 0) is 23.9 Å². The van der Waals surface area contributed by atoms with Crippen molar-refractivity contribution >= 4 is 18.2 Å². The van der Waals surface area contributed by atoms with Crippen LogP contribution in [0.2, 0.25) is 0 Å². The molecule has 1 heterocycles. The van der Waals surface area contributed by atoms with Gasteiger partial charge in [-0.25, -0.2) is 4.79 Å². The molecule has 0 spiro atoms. The summed E-state index contributed by atoms with van der Waals surface area (Å²) in [6, 6.07) is 0. The van der Waals surface area contributed by atoms with Gasteiger partial charge < -0.3 is 14.6 Å². The van der Waals surface area contributed by atoms with E-state index in [1.165, 1.54) is 31.8 Å². The Labute approximate surface area is 197 Å². The zero-order valence-corrected chi connectivity index (χ0v) is 20.6. The number of hydrogen-bond donors (Lipinski definition) is 1. The summed E-state index contributed by atoms with van der Waals surface area (Å²) in [6.45, 7) is 10.3. The summed E-state index contributed by atoms with van der Waals surface area (Å²) in [6.07, 6.45) is 10.8. The van der Waals surface area contributed by atoms with E-state index in [-0.39, 0.29) is 17.4 Å². The van der Waals surface area contributed by atoms with Crippen LogP contribution in [-0.4, -0.2) is 35.7 Å². The van der Waals surface area contributed by atoms with E-state index in [2.05, 4.69) is 33.8 Å². The van der Waals surface area contributed by atoms with Crippen molar-refractivity contribution in [2.24, 2.45) is 5.41 Å². The summed E-state index contributed by atoms with van der Waals surface area (Å²) < 4.78 is 9.80. The minimum absolute atomic E-state index is 0.125. The highest BCUT2D eigenvalue weighted by Gasteiger charge is 2.33. The zero-order chi connectivity index (χ0) is 24.6. The minimum Gasteiger partial charge on any atom is -0.421 e. The van der Waals surface area contributed by atoms with Crippen molar-refractivity contribution in [1.82, 2.24) is 0 Å². The molecule has 0 aromatic carbocycles. The Morgan fingerprint density at radius 3 is 2.67 bits per heavy atom. The summed E-state index contributed by atoms with van der Waals surface area (Å²) in [7, 11) is 0. The Kier molecular flexibility index (Phi) is 9.84. The molecule has 0 bridgehead atoms. The highest BCUT2D eigenvalue weighted by Crippen LogP contribution is 2.42. The second-order valence-electron chi connectivity index (χ2n) is 9.76. The predicted octanol–water partition coefficient (Wildman–Crippen LogP) is 5.27. The normalized spacial score (nSPS) is 22.1. The van der Waals surface area contributed by atoms with Crippen molar-refractivity contribution in [3.05, 3.63) is 46.1 Å². The van der Waals surface area contributed by atoms with E-state index in [4.69, 9.17) is 9.47 Å². The molecule has 0 radical (unpaired) electrons. The maximum atomic E-state index is 11.5. The molecule has 6 heteroatoms. The number of esters is 2. The second kappa shape index (κ2) is 12.1. The molecule has 6 nitrogen and oxygen atoms in total. The van der Waals surface area contributed by atoms with Gasteiger partial charge in [0.05, 0.1) is 6.10 Å².